The molecule has 11 heavy (non-hydrogen) atoms. The molecule has 0 aromatic heterocycles. The van der Waals surface area contributed by atoms with Crippen molar-refractivity contribution in [1.82, 2.24) is 0 Å². The van der Waals surface area contributed by atoms with Gasteiger partial charge in [0.15, 0.2) is 5.78 Å². The van der Waals surface area contributed by atoms with Gasteiger partial charge >= 0.3 is 0 Å². The average Bonchev–Trinajstić information content (AvgIpc) is 2.04. The second-order valence-electron chi connectivity index (χ2n) is 2.54. The lowest BCUT2D eigenvalue weighted by atomic mass is 10.00. The molecule has 0 amide bonds. The molecule has 0 N–H and O–H groups in total. The first-order valence-electron chi connectivity index (χ1n) is 3.70. The Bertz CT molecular complexity index is 226. The summed E-state index contributed by atoms with van der Waals surface area (Å²) in [5, 5.41) is 0. The molecule has 1 rings (SSSR count). The van der Waals surface area contributed by atoms with Crippen molar-refractivity contribution in [3.63, 3.8) is 0 Å². The topological polar surface area (TPSA) is 17.1 Å². The average molecular weight is 168 g/mol. The Hall–Kier alpha value is -0.500. The Morgan fingerprint density at radius 2 is 2.36 bits per heavy atom. The maximum atomic E-state index is 11.2. The fourth-order valence-electron chi connectivity index (χ4n) is 1.11. The molecule has 0 heterocycles. The van der Waals surface area contributed by atoms with Crippen LogP contribution in [-0.4, -0.2) is 12.0 Å². The fraction of sp³-hybridized carbons (Fsp3) is 0.444. The van der Waals surface area contributed by atoms with Gasteiger partial charge in [0, 0.05) is 5.57 Å². The van der Waals surface area contributed by atoms with Gasteiger partial charge in [-0.3, -0.25) is 4.79 Å². The van der Waals surface area contributed by atoms with Crippen LogP contribution in [0.1, 0.15) is 19.8 Å². The Balaban J connectivity index is 2.88. The molecule has 2 heteroatoms. The minimum absolute atomic E-state index is 0.197. The lowest BCUT2D eigenvalue weighted by molar-refractivity contribution is -0.111. The third-order valence-electron chi connectivity index (χ3n) is 1.86. The Kier molecular flexibility index (Phi) is 2.94. The van der Waals surface area contributed by atoms with E-state index in [0.29, 0.717) is 0 Å². The van der Waals surface area contributed by atoms with Crippen LogP contribution in [0.25, 0.3) is 0 Å². The van der Waals surface area contributed by atoms with Gasteiger partial charge in [-0.1, -0.05) is 6.08 Å². The van der Waals surface area contributed by atoms with Crippen molar-refractivity contribution in [3.05, 3.63) is 22.6 Å². The molecular weight excluding hydrogens is 156 g/mol. The minimum Gasteiger partial charge on any atom is -0.290 e. The third kappa shape index (κ3) is 1.96. The second-order valence-corrected chi connectivity index (χ2v) is 3.56. The Morgan fingerprint density at radius 3 is 2.91 bits per heavy atom. The van der Waals surface area contributed by atoms with Crippen LogP contribution in [0.15, 0.2) is 22.6 Å². The van der Waals surface area contributed by atoms with Crippen molar-refractivity contribution in [3.8, 4) is 0 Å². The second kappa shape index (κ2) is 3.77. The zero-order valence-electron chi connectivity index (χ0n) is 6.89. The molecule has 1 aliphatic rings. The molecule has 0 saturated carbocycles. The highest BCUT2D eigenvalue weighted by molar-refractivity contribution is 8.02. The van der Waals surface area contributed by atoms with E-state index < -0.39 is 0 Å². The summed E-state index contributed by atoms with van der Waals surface area (Å²) in [4.78, 5) is 12.4. The maximum Gasteiger partial charge on any atom is 0.182 e. The molecule has 0 aromatic rings. The van der Waals surface area contributed by atoms with Gasteiger partial charge < -0.3 is 0 Å². The van der Waals surface area contributed by atoms with Crippen molar-refractivity contribution in [2.24, 2.45) is 0 Å². The highest BCUT2D eigenvalue weighted by atomic mass is 32.2. The van der Waals surface area contributed by atoms with Crippen molar-refractivity contribution >= 4 is 17.5 Å². The molecule has 0 radical (unpaired) electrons. The summed E-state index contributed by atoms with van der Waals surface area (Å²) in [6.45, 7) is 2.01. The van der Waals surface area contributed by atoms with E-state index >= 15 is 0 Å². The molecular formula is C9H12OS. The number of carbonyl (C=O) groups is 1. The Labute approximate surface area is 71.6 Å². The molecule has 0 aliphatic heterocycles. The van der Waals surface area contributed by atoms with Crippen molar-refractivity contribution in [2.45, 2.75) is 19.8 Å². The number of rotatable bonds is 1. The summed E-state index contributed by atoms with van der Waals surface area (Å²) in [5.74, 6) is 0.197. The molecule has 1 nitrogen and oxygen atoms in total. The zero-order valence-corrected chi connectivity index (χ0v) is 7.70. The van der Waals surface area contributed by atoms with Crippen LogP contribution in [0, 0.1) is 0 Å². The number of hydrogen-bond acceptors (Lipinski definition) is 2. The molecule has 0 bridgehead atoms. The zero-order chi connectivity index (χ0) is 8.27. The third-order valence-corrected chi connectivity index (χ3v) is 2.72. The first-order chi connectivity index (χ1) is 5.25. The van der Waals surface area contributed by atoms with Gasteiger partial charge in [0.1, 0.15) is 0 Å². The summed E-state index contributed by atoms with van der Waals surface area (Å²) in [7, 11) is 0. The van der Waals surface area contributed by atoms with Gasteiger partial charge in [0.05, 0.1) is 0 Å². The van der Waals surface area contributed by atoms with Crippen LogP contribution in [0.5, 0.6) is 0 Å². The Morgan fingerprint density at radius 1 is 1.64 bits per heavy atom. The molecule has 60 valence electrons. The molecule has 0 aromatic carbocycles. The summed E-state index contributed by atoms with van der Waals surface area (Å²) in [6.07, 6.45) is 7.56. The van der Waals surface area contributed by atoms with Crippen molar-refractivity contribution in [2.75, 3.05) is 6.26 Å². The normalized spacial score (nSPS) is 22.2. The highest BCUT2D eigenvalue weighted by Gasteiger charge is 2.11. The van der Waals surface area contributed by atoms with E-state index in [4.69, 9.17) is 0 Å². The predicted octanol–water partition coefficient (Wildman–Crippen LogP) is 2.54. The van der Waals surface area contributed by atoms with Crippen molar-refractivity contribution in [1.29, 1.82) is 0 Å². The van der Waals surface area contributed by atoms with Crippen LogP contribution in [0.3, 0.4) is 0 Å². The molecule has 0 saturated heterocycles. The van der Waals surface area contributed by atoms with Crippen LogP contribution >= 0.6 is 11.8 Å². The monoisotopic (exact) mass is 168 g/mol. The summed E-state index contributed by atoms with van der Waals surface area (Å²) in [6, 6.07) is 0. The van der Waals surface area contributed by atoms with E-state index in [9.17, 15) is 4.79 Å². The fourth-order valence-corrected chi connectivity index (χ4v) is 1.56. The number of allylic oxidation sites excluding steroid dienone is 4. The molecule has 0 spiro atoms. The maximum absolute atomic E-state index is 11.2. The highest BCUT2D eigenvalue weighted by Crippen LogP contribution is 2.23. The van der Waals surface area contributed by atoms with E-state index in [1.165, 1.54) is 4.91 Å². The van der Waals surface area contributed by atoms with E-state index in [2.05, 4.69) is 0 Å². The predicted molar refractivity (Wildman–Crippen MR) is 49.6 cm³/mol. The first kappa shape index (κ1) is 8.60. The van der Waals surface area contributed by atoms with Crippen LogP contribution < -0.4 is 0 Å². The van der Waals surface area contributed by atoms with E-state index in [1.54, 1.807) is 17.8 Å². The van der Waals surface area contributed by atoms with Crippen molar-refractivity contribution < 1.29 is 4.79 Å². The smallest absolute Gasteiger partial charge is 0.182 e. The van der Waals surface area contributed by atoms with E-state index in [1.807, 2.05) is 19.3 Å². The number of carbonyl (C=O) groups excluding carboxylic acids is 1. The SMILES string of the molecule is CS/C(C)=C1\CCC=CC1=O. The largest absolute Gasteiger partial charge is 0.290 e. The van der Waals surface area contributed by atoms with Crippen LogP contribution in [0.4, 0.5) is 0 Å². The first-order valence-corrected chi connectivity index (χ1v) is 4.93. The molecule has 0 atom stereocenters. The number of hydrogen-bond donors (Lipinski definition) is 0. The van der Waals surface area contributed by atoms with Crippen LogP contribution in [0.2, 0.25) is 0 Å². The van der Waals surface area contributed by atoms with E-state index in [0.717, 1.165) is 18.4 Å². The summed E-state index contributed by atoms with van der Waals surface area (Å²) < 4.78 is 0. The summed E-state index contributed by atoms with van der Waals surface area (Å²) in [5.41, 5.74) is 1.00. The molecule has 1 aliphatic carbocycles. The molecule has 0 unspecified atom stereocenters. The van der Waals surface area contributed by atoms with E-state index in [-0.39, 0.29) is 5.78 Å². The van der Waals surface area contributed by atoms with Gasteiger partial charge in [-0.15, -0.1) is 11.8 Å². The molecule has 0 fully saturated rings. The lowest BCUT2D eigenvalue weighted by Crippen LogP contribution is -2.04. The van der Waals surface area contributed by atoms with Gasteiger partial charge in [0.25, 0.3) is 0 Å². The lowest BCUT2D eigenvalue weighted by Gasteiger charge is -2.09. The van der Waals surface area contributed by atoms with Gasteiger partial charge in [0.2, 0.25) is 0 Å². The van der Waals surface area contributed by atoms with Crippen LogP contribution in [-0.2, 0) is 4.79 Å². The standard InChI is InChI=1S/C9H12OS/c1-7(11-2)8-5-3-4-6-9(8)10/h4,6H,3,5H2,1-2H3/b8-7+. The van der Waals surface area contributed by atoms with Gasteiger partial charge in [-0.05, 0) is 37.0 Å². The number of ketones is 1. The summed E-state index contributed by atoms with van der Waals surface area (Å²) >= 11 is 1.66. The quantitative estimate of drug-likeness (QED) is 0.560. The number of thioether (sulfide) groups is 1. The van der Waals surface area contributed by atoms with Gasteiger partial charge in [-0.2, -0.15) is 0 Å². The minimum atomic E-state index is 0.197. The van der Waals surface area contributed by atoms with Gasteiger partial charge in [-0.25, -0.2) is 0 Å².